The molecule has 2 rings (SSSR count). The Morgan fingerprint density at radius 2 is 2.32 bits per heavy atom. The number of carbonyl (C=O) groups is 1. The molecule has 0 saturated carbocycles. The number of benzene rings is 1. The van der Waals surface area contributed by atoms with E-state index in [4.69, 9.17) is 16.3 Å². The third kappa shape index (κ3) is 3.39. The zero-order valence-electron chi connectivity index (χ0n) is 11.2. The minimum atomic E-state index is -0.130. The van der Waals surface area contributed by atoms with E-state index in [9.17, 15) is 4.79 Å². The summed E-state index contributed by atoms with van der Waals surface area (Å²) >= 11 is 5.95. The molecular weight excluding hydrogens is 264 g/mol. The average Bonchev–Trinajstić information content (AvgIpc) is 2.92. The molecule has 1 amide bonds. The topological polar surface area (TPSA) is 50.4 Å². The number of hydrogen-bond acceptors (Lipinski definition) is 3. The maximum Gasteiger partial charge on any atom is 0.253 e. The lowest BCUT2D eigenvalue weighted by molar-refractivity contribution is 0.0713. The standard InChI is InChI=1S/C14H19ClN2O2/c1-9(13-4-3-7-19-13)17-14(18)11-8-10(15)5-6-12(11)16-2/h5-6,8-9,13,16H,3-4,7H2,1-2H3,(H,17,18). The van der Waals surface area contributed by atoms with Crippen LogP contribution >= 0.6 is 11.6 Å². The fourth-order valence-corrected chi connectivity index (χ4v) is 2.47. The van der Waals surface area contributed by atoms with Crippen LogP contribution in [0.1, 0.15) is 30.1 Å². The molecule has 2 unspecified atom stereocenters. The zero-order chi connectivity index (χ0) is 13.8. The number of ether oxygens (including phenoxy) is 1. The molecule has 1 aromatic carbocycles. The Hall–Kier alpha value is -1.26. The minimum absolute atomic E-state index is 0.00122. The summed E-state index contributed by atoms with van der Waals surface area (Å²) in [6.45, 7) is 2.75. The lowest BCUT2D eigenvalue weighted by atomic mass is 10.1. The summed E-state index contributed by atoms with van der Waals surface area (Å²) in [5.41, 5.74) is 1.32. The summed E-state index contributed by atoms with van der Waals surface area (Å²) in [5, 5.41) is 6.52. The average molecular weight is 283 g/mol. The van der Waals surface area contributed by atoms with Crippen LogP contribution in [0.5, 0.6) is 0 Å². The summed E-state index contributed by atoms with van der Waals surface area (Å²) in [5.74, 6) is -0.130. The van der Waals surface area contributed by atoms with Crippen molar-refractivity contribution in [3.63, 3.8) is 0 Å². The summed E-state index contributed by atoms with van der Waals surface area (Å²) in [6, 6.07) is 5.23. The monoisotopic (exact) mass is 282 g/mol. The van der Waals surface area contributed by atoms with Gasteiger partial charge in [-0.05, 0) is 38.0 Å². The van der Waals surface area contributed by atoms with Gasteiger partial charge in [0.25, 0.3) is 5.91 Å². The molecule has 4 nitrogen and oxygen atoms in total. The van der Waals surface area contributed by atoms with Crippen molar-refractivity contribution in [2.45, 2.75) is 31.9 Å². The molecule has 104 valence electrons. The Morgan fingerprint density at radius 1 is 1.53 bits per heavy atom. The second-order valence-electron chi connectivity index (χ2n) is 4.75. The first-order chi connectivity index (χ1) is 9.11. The molecule has 0 aliphatic carbocycles. The largest absolute Gasteiger partial charge is 0.387 e. The Labute approximate surface area is 118 Å². The lowest BCUT2D eigenvalue weighted by Gasteiger charge is -2.20. The van der Waals surface area contributed by atoms with Crippen molar-refractivity contribution in [1.29, 1.82) is 0 Å². The zero-order valence-corrected chi connectivity index (χ0v) is 12.0. The molecule has 0 bridgehead atoms. The van der Waals surface area contributed by atoms with Crippen molar-refractivity contribution in [1.82, 2.24) is 5.32 Å². The SMILES string of the molecule is CNc1ccc(Cl)cc1C(=O)NC(C)C1CCCO1. The number of nitrogens with one attached hydrogen (secondary N) is 2. The van der Waals surface area contributed by atoms with Crippen LogP contribution in [0.2, 0.25) is 5.02 Å². The number of carbonyl (C=O) groups excluding carboxylic acids is 1. The molecule has 2 atom stereocenters. The van der Waals surface area contributed by atoms with Gasteiger partial charge in [0.2, 0.25) is 0 Å². The van der Waals surface area contributed by atoms with Crippen LogP contribution in [0.3, 0.4) is 0 Å². The maximum absolute atomic E-state index is 12.3. The molecule has 1 aliphatic heterocycles. The lowest BCUT2D eigenvalue weighted by Crippen LogP contribution is -2.41. The van der Waals surface area contributed by atoms with E-state index in [1.807, 2.05) is 6.92 Å². The normalized spacial score (nSPS) is 20.1. The van der Waals surface area contributed by atoms with Gasteiger partial charge in [-0.25, -0.2) is 0 Å². The van der Waals surface area contributed by atoms with E-state index in [2.05, 4.69) is 10.6 Å². The third-order valence-corrected chi connectivity index (χ3v) is 3.61. The quantitative estimate of drug-likeness (QED) is 0.893. The van der Waals surface area contributed by atoms with Gasteiger partial charge < -0.3 is 15.4 Å². The summed E-state index contributed by atoms with van der Waals surface area (Å²) in [4.78, 5) is 12.3. The molecular formula is C14H19ClN2O2. The maximum atomic E-state index is 12.3. The highest BCUT2D eigenvalue weighted by Crippen LogP contribution is 2.21. The fourth-order valence-electron chi connectivity index (χ4n) is 2.30. The van der Waals surface area contributed by atoms with Crippen molar-refractivity contribution < 1.29 is 9.53 Å². The van der Waals surface area contributed by atoms with E-state index < -0.39 is 0 Å². The molecule has 0 spiro atoms. The predicted octanol–water partition coefficient (Wildman–Crippen LogP) is 2.68. The highest BCUT2D eigenvalue weighted by molar-refractivity contribution is 6.31. The van der Waals surface area contributed by atoms with Gasteiger partial charge in [-0.1, -0.05) is 11.6 Å². The molecule has 1 saturated heterocycles. The summed E-state index contributed by atoms with van der Waals surface area (Å²) in [7, 11) is 1.78. The van der Waals surface area contributed by atoms with Gasteiger partial charge in [-0.3, -0.25) is 4.79 Å². The molecule has 1 heterocycles. The van der Waals surface area contributed by atoms with Gasteiger partial charge in [-0.15, -0.1) is 0 Å². The van der Waals surface area contributed by atoms with Gasteiger partial charge in [0.1, 0.15) is 0 Å². The summed E-state index contributed by atoms with van der Waals surface area (Å²) < 4.78 is 5.58. The first kappa shape index (κ1) is 14.2. The number of halogens is 1. The number of anilines is 1. The van der Waals surface area contributed by atoms with Gasteiger partial charge in [0, 0.05) is 24.4 Å². The molecule has 0 aromatic heterocycles. The van der Waals surface area contributed by atoms with E-state index in [0.29, 0.717) is 10.6 Å². The van der Waals surface area contributed by atoms with Crippen LogP contribution < -0.4 is 10.6 Å². The van der Waals surface area contributed by atoms with Crippen molar-refractivity contribution in [3.8, 4) is 0 Å². The van der Waals surface area contributed by atoms with E-state index in [-0.39, 0.29) is 18.1 Å². The molecule has 1 fully saturated rings. The fraction of sp³-hybridized carbons (Fsp3) is 0.500. The molecule has 19 heavy (non-hydrogen) atoms. The first-order valence-corrected chi connectivity index (χ1v) is 6.89. The van der Waals surface area contributed by atoms with E-state index in [1.54, 1.807) is 25.2 Å². The Bertz CT molecular complexity index is 459. The van der Waals surface area contributed by atoms with Crippen LogP contribution in [-0.2, 0) is 4.74 Å². The molecule has 5 heteroatoms. The molecule has 1 aromatic rings. The van der Waals surface area contributed by atoms with Crippen molar-refractivity contribution in [3.05, 3.63) is 28.8 Å². The van der Waals surface area contributed by atoms with Crippen LogP contribution in [0.15, 0.2) is 18.2 Å². The van der Waals surface area contributed by atoms with Crippen LogP contribution in [0, 0.1) is 0 Å². The van der Waals surface area contributed by atoms with Gasteiger partial charge in [0.05, 0.1) is 17.7 Å². The Balaban J connectivity index is 2.08. The van der Waals surface area contributed by atoms with E-state index in [0.717, 1.165) is 25.1 Å². The van der Waals surface area contributed by atoms with Crippen LogP contribution in [0.4, 0.5) is 5.69 Å². The van der Waals surface area contributed by atoms with Crippen molar-refractivity contribution in [2.24, 2.45) is 0 Å². The highest BCUT2D eigenvalue weighted by Gasteiger charge is 2.24. The van der Waals surface area contributed by atoms with Gasteiger partial charge >= 0.3 is 0 Å². The Kier molecular flexibility index (Phi) is 4.66. The van der Waals surface area contributed by atoms with Crippen molar-refractivity contribution >= 4 is 23.2 Å². The van der Waals surface area contributed by atoms with Crippen LogP contribution in [-0.4, -0.2) is 31.7 Å². The predicted molar refractivity (Wildman–Crippen MR) is 76.9 cm³/mol. The molecule has 1 aliphatic rings. The van der Waals surface area contributed by atoms with E-state index >= 15 is 0 Å². The number of rotatable bonds is 4. The minimum Gasteiger partial charge on any atom is -0.387 e. The smallest absolute Gasteiger partial charge is 0.253 e. The van der Waals surface area contributed by atoms with Crippen molar-refractivity contribution in [2.75, 3.05) is 19.0 Å². The second-order valence-corrected chi connectivity index (χ2v) is 5.19. The first-order valence-electron chi connectivity index (χ1n) is 6.51. The molecule has 0 radical (unpaired) electrons. The summed E-state index contributed by atoms with van der Waals surface area (Å²) in [6.07, 6.45) is 2.17. The van der Waals surface area contributed by atoms with Gasteiger partial charge in [0.15, 0.2) is 0 Å². The Morgan fingerprint density at radius 3 is 2.95 bits per heavy atom. The highest BCUT2D eigenvalue weighted by atomic mass is 35.5. The second kappa shape index (κ2) is 6.26. The molecule has 2 N–H and O–H groups in total. The number of amides is 1. The van der Waals surface area contributed by atoms with Crippen LogP contribution in [0.25, 0.3) is 0 Å². The van der Waals surface area contributed by atoms with E-state index in [1.165, 1.54) is 0 Å². The third-order valence-electron chi connectivity index (χ3n) is 3.38. The number of hydrogen-bond donors (Lipinski definition) is 2. The van der Waals surface area contributed by atoms with Gasteiger partial charge in [-0.2, -0.15) is 0 Å².